The Morgan fingerprint density at radius 3 is 2.27 bits per heavy atom. The van der Waals surface area contributed by atoms with Crippen molar-refractivity contribution in [2.45, 2.75) is 52.4 Å². The van der Waals surface area contributed by atoms with Crippen LogP contribution in [0.15, 0.2) is 18.2 Å². The zero-order valence-corrected chi connectivity index (χ0v) is 10.0. The summed E-state index contributed by atoms with van der Waals surface area (Å²) in [6.07, 6.45) is 4.66. The summed E-state index contributed by atoms with van der Waals surface area (Å²) >= 11 is 0. The van der Waals surface area contributed by atoms with E-state index in [-0.39, 0.29) is 5.82 Å². The highest BCUT2D eigenvalue weighted by molar-refractivity contribution is 5.30. The molecule has 15 heavy (non-hydrogen) atoms. The Kier molecular flexibility index (Phi) is 4.80. The van der Waals surface area contributed by atoms with Gasteiger partial charge in [0.1, 0.15) is 5.82 Å². The molecular weight excluding hydrogens is 187 g/mol. The Bertz CT molecular complexity index is 298. The van der Waals surface area contributed by atoms with Crippen LogP contribution in [0.4, 0.5) is 4.39 Å². The largest absolute Gasteiger partial charge is 0.207 e. The summed E-state index contributed by atoms with van der Waals surface area (Å²) < 4.78 is 13.4. The van der Waals surface area contributed by atoms with Crippen molar-refractivity contribution in [2.24, 2.45) is 0 Å². The minimum atomic E-state index is -0.0651. The van der Waals surface area contributed by atoms with Crippen molar-refractivity contribution in [3.8, 4) is 0 Å². The maximum Gasteiger partial charge on any atom is 0.126 e. The lowest BCUT2D eigenvalue weighted by atomic mass is 9.87. The van der Waals surface area contributed by atoms with Gasteiger partial charge < -0.3 is 0 Å². The first-order valence-electron chi connectivity index (χ1n) is 5.95. The molecule has 0 nitrogen and oxygen atoms in total. The highest BCUT2D eigenvalue weighted by Gasteiger charge is 2.13. The van der Waals surface area contributed by atoms with Gasteiger partial charge in [-0.05, 0) is 42.9 Å². The van der Waals surface area contributed by atoms with Crippen molar-refractivity contribution in [1.82, 2.24) is 0 Å². The summed E-state index contributed by atoms with van der Waals surface area (Å²) in [7, 11) is 0. The molecule has 84 valence electrons. The summed E-state index contributed by atoms with van der Waals surface area (Å²) in [6, 6.07) is 5.46. The van der Waals surface area contributed by atoms with Gasteiger partial charge in [0.05, 0.1) is 0 Å². The molecule has 0 aromatic heterocycles. The highest BCUT2D eigenvalue weighted by Crippen LogP contribution is 2.29. The lowest BCUT2D eigenvalue weighted by Crippen LogP contribution is -2.02. The van der Waals surface area contributed by atoms with Gasteiger partial charge in [0.25, 0.3) is 0 Å². The van der Waals surface area contributed by atoms with E-state index in [1.54, 1.807) is 6.07 Å². The third kappa shape index (κ3) is 3.05. The SMILES string of the molecule is CCCC(CCC)c1cccc(F)c1C. The minimum Gasteiger partial charge on any atom is -0.207 e. The van der Waals surface area contributed by atoms with Crippen molar-refractivity contribution >= 4 is 0 Å². The average molecular weight is 208 g/mol. The quantitative estimate of drug-likeness (QED) is 0.651. The molecule has 0 heterocycles. The number of benzene rings is 1. The van der Waals surface area contributed by atoms with Crippen LogP contribution in [-0.4, -0.2) is 0 Å². The minimum absolute atomic E-state index is 0.0651. The smallest absolute Gasteiger partial charge is 0.126 e. The van der Waals surface area contributed by atoms with Crippen LogP contribution >= 0.6 is 0 Å². The van der Waals surface area contributed by atoms with E-state index in [2.05, 4.69) is 19.9 Å². The van der Waals surface area contributed by atoms with Gasteiger partial charge >= 0.3 is 0 Å². The summed E-state index contributed by atoms with van der Waals surface area (Å²) in [5, 5.41) is 0. The molecule has 0 N–H and O–H groups in total. The topological polar surface area (TPSA) is 0 Å². The molecule has 0 aliphatic carbocycles. The first-order chi connectivity index (χ1) is 7.20. The van der Waals surface area contributed by atoms with Gasteiger partial charge in [0.2, 0.25) is 0 Å². The Morgan fingerprint density at radius 2 is 1.73 bits per heavy atom. The van der Waals surface area contributed by atoms with Crippen LogP contribution in [0.5, 0.6) is 0 Å². The van der Waals surface area contributed by atoms with E-state index < -0.39 is 0 Å². The Morgan fingerprint density at radius 1 is 1.13 bits per heavy atom. The van der Waals surface area contributed by atoms with E-state index >= 15 is 0 Å². The van der Waals surface area contributed by atoms with Gasteiger partial charge in [-0.1, -0.05) is 38.8 Å². The molecule has 0 unspecified atom stereocenters. The third-order valence-corrected chi connectivity index (χ3v) is 3.02. The molecule has 0 saturated heterocycles. The molecule has 0 radical (unpaired) electrons. The standard InChI is InChI=1S/C14H21F/c1-4-7-12(8-5-2)13-9-6-10-14(15)11(13)3/h6,9-10,12H,4-5,7-8H2,1-3H3. The summed E-state index contributed by atoms with van der Waals surface area (Å²) in [5.41, 5.74) is 2.04. The maximum absolute atomic E-state index is 13.4. The van der Waals surface area contributed by atoms with Crippen LogP contribution in [0, 0.1) is 12.7 Å². The molecule has 1 aromatic rings. The number of hydrogen-bond donors (Lipinski definition) is 0. The Hall–Kier alpha value is -0.850. The third-order valence-electron chi connectivity index (χ3n) is 3.02. The normalized spacial score (nSPS) is 11.0. The molecule has 1 rings (SSSR count). The van der Waals surface area contributed by atoms with Gasteiger partial charge in [-0.25, -0.2) is 4.39 Å². The van der Waals surface area contributed by atoms with E-state index in [1.165, 1.54) is 18.4 Å². The van der Waals surface area contributed by atoms with E-state index in [0.29, 0.717) is 5.92 Å². The van der Waals surface area contributed by atoms with E-state index in [0.717, 1.165) is 18.4 Å². The van der Waals surface area contributed by atoms with Crippen LogP contribution in [0.3, 0.4) is 0 Å². The molecule has 1 heteroatoms. The molecule has 0 spiro atoms. The van der Waals surface area contributed by atoms with Gasteiger partial charge in [0.15, 0.2) is 0 Å². The van der Waals surface area contributed by atoms with Gasteiger partial charge in [-0.2, -0.15) is 0 Å². The van der Waals surface area contributed by atoms with Gasteiger partial charge in [-0.15, -0.1) is 0 Å². The number of hydrogen-bond acceptors (Lipinski definition) is 0. The number of halogens is 1. The van der Waals surface area contributed by atoms with Crippen molar-refractivity contribution in [2.75, 3.05) is 0 Å². The lowest BCUT2D eigenvalue weighted by Gasteiger charge is -2.18. The predicted molar refractivity (Wildman–Crippen MR) is 63.7 cm³/mol. The molecule has 0 saturated carbocycles. The second-order valence-corrected chi connectivity index (χ2v) is 4.23. The summed E-state index contributed by atoms with van der Waals surface area (Å²) in [4.78, 5) is 0. The molecule has 0 bridgehead atoms. The molecular formula is C14H21F. The van der Waals surface area contributed by atoms with Crippen LogP contribution in [0.25, 0.3) is 0 Å². The number of rotatable bonds is 5. The molecule has 1 aromatic carbocycles. The van der Waals surface area contributed by atoms with E-state index in [9.17, 15) is 4.39 Å². The molecule has 0 amide bonds. The fraction of sp³-hybridized carbons (Fsp3) is 0.571. The monoisotopic (exact) mass is 208 g/mol. The van der Waals surface area contributed by atoms with Crippen LogP contribution in [-0.2, 0) is 0 Å². The highest BCUT2D eigenvalue weighted by atomic mass is 19.1. The fourth-order valence-electron chi connectivity index (χ4n) is 2.22. The first-order valence-corrected chi connectivity index (χ1v) is 5.95. The fourth-order valence-corrected chi connectivity index (χ4v) is 2.22. The molecule has 0 fully saturated rings. The summed E-state index contributed by atoms with van der Waals surface area (Å²) in [5.74, 6) is 0.473. The predicted octanol–water partition coefficient (Wildman–Crippen LogP) is 4.82. The van der Waals surface area contributed by atoms with Gasteiger partial charge in [0, 0.05) is 0 Å². The first kappa shape index (κ1) is 12.2. The van der Waals surface area contributed by atoms with E-state index in [4.69, 9.17) is 0 Å². The average Bonchev–Trinajstić information content (AvgIpc) is 2.22. The van der Waals surface area contributed by atoms with Crippen LogP contribution < -0.4 is 0 Å². The second kappa shape index (κ2) is 5.89. The molecule has 0 aliphatic rings. The second-order valence-electron chi connectivity index (χ2n) is 4.23. The van der Waals surface area contributed by atoms with Crippen molar-refractivity contribution in [1.29, 1.82) is 0 Å². The van der Waals surface area contributed by atoms with Crippen LogP contribution in [0.2, 0.25) is 0 Å². The Labute approximate surface area is 92.5 Å². The van der Waals surface area contributed by atoms with Crippen molar-refractivity contribution in [3.05, 3.63) is 35.1 Å². The van der Waals surface area contributed by atoms with E-state index in [1.807, 2.05) is 13.0 Å². The van der Waals surface area contributed by atoms with Gasteiger partial charge in [-0.3, -0.25) is 0 Å². The van der Waals surface area contributed by atoms with Crippen LogP contribution in [0.1, 0.15) is 56.6 Å². The zero-order valence-electron chi connectivity index (χ0n) is 10.0. The molecule has 0 atom stereocenters. The Balaban J connectivity index is 2.94. The zero-order chi connectivity index (χ0) is 11.3. The summed E-state index contributed by atoms with van der Waals surface area (Å²) in [6.45, 7) is 6.28. The van der Waals surface area contributed by atoms with Crippen molar-refractivity contribution < 1.29 is 4.39 Å². The van der Waals surface area contributed by atoms with Crippen molar-refractivity contribution in [3.63, 3.8) is 0 Å². The maximum atomic E-state index is 13.4. The molecule has 0 aliphatic heterocycles. The lowest BCUT2D eigenvalue weighted by molar-refractivity contribution is 0.548.